The summed E-state index contributed by atoms with van der Waals surface area (Å²) in [4.78, 5) is 28.9. The van der Waals surface area contributed by atoms with Gasteiger partial charge in [-0.25, -0.2) is 14.8 Å². The number of hydrogen-bond acceptors (Lipinski definition) is 6. The van der Waals surface area contributed by atoms with Crippen LogP contribution in [0.2, 0.25) is 0 Å². The second kappa shape index (κ2) is 10.9. The van der Waals surface area contributed by atoms with Crippen LogP contribution in [0.4, 0.5) is 42.6 Å². The van der Waals surface area contributed by atoms with Crippen LogP contribution in [0.25, 0.3) is 0 Å². The smallest absolute Gasteiger partial charge is 0.416 e. The number of pyridine rings is 1. The number of piperazine rings is 1. The molecule has 0 bridgehead atoms. The molecule has 1 aliphatic rings. The lowest BCUT2D eigenvalue weighted by molar-refractivity contribution is -0.143. The van der Waals surface area contributed by atoms with Gasteiger partial charge in [0.25, 0.3) is 5.88 Å². The fourth-order valence-corrected chi connectivity index (χ4v) is 4.17. The average Bonchev–Trinajstić information content (AvgIpc) is 2.88. The van der Waals surface area contributed by atoms with Gasteiger partial charge < -0.3 is 19.9 Å². The van der Waals surface area contributed by atoms with Crippen LogP contribution in [-0.4, -0.2) is 51.1 Å². The molecule has 0 spiro atoms. The average molecular weight is 554 g/mol. The SMILES string of the molecule is CC1CN(c2nccnc2OCc2ccncc2)C(C)CN1C(=O)Nc1cc(C(F)(F)F)cc(C(F)(F)F)c1. The van der Waals surface area contributed by atoms with Crippen LogP contribution in [0.1, 0.15) is 30.5 Å². The van der Waals surface area contributed by atoms with Crippen LogP contribution < -0.4 is 15.0 Å². The maximum Gasteiger partial charge on any atom is 0.416 e. The van der Waals surface area contributed by atoms with Gasteiger partial charge in [0.05, 0.1) is 11.1 Å². The van der Waals surface area contributed by atoms with Gasteiger partial charge in [-0.15, -0.1) is 0 Å². The lowest BCUT2D eigenvalue weighted by Gasteiger charge is -2.44. The van der Waals surface area contributed by atoms with E-state index in [2.05, 4.69) is 20.3 Å². The molecule has 8 nitrogen and oxygen atoms in total. The zero-order chi connectivity index (χ0) is 28.4. The van der Waals surface area contributed by atoms with Crippen molar-refractivity contribution in [3.63, 3.8) is 0 Å². The third-order valence-electron chi connectivity index (χ3n) is 6.13. The Bertz CT molecular complexity index is 1270. The zero-order valence-corrected chi connectivity index (χ0v) is 20.8. The zero-order valence-electron chi connectivity index (χ0n) is 20.8. The van der Waals surface area contributed by atoms with E-state index in [1.165, 1.54) is 17.3 Å². The summed E-state index contributed by atoms with van der Waals surface area (Å²) in [6, 6.07) is 2.90. The number of rotatable bonds is 5. The van der Waals surface area contributed by atoms with Crippen LogP contribution in [0, 0.1) is 0 Å². The van der Waals surface area contributed by atoms with Crippen LogP contribution in [0.3, 0.4) is 0 Å². The molecule has 3 aromatic rings. The molecule has 2 aromatic heterocycles. The number of urea groups is 1. The molecule has 2 unspecified atom stereocenters. The molecular formula is C25H24F6N6O2. The Morgan fingerprint density at radius 1 is 0.923 bits per heavy atom. The molecule has 208 valence electrons. The number of carbonyl (C=O) groups excluding carboxylic acids is 1. The lowest BCUT2D eigenvalue weighted by Crippen LogP contribution is -2.59. The normalized spacial score (nSPS) is 18.2. The monoisotopic (exact) mass is 554 g/mol. The number of carbonyl (C=O) groups is 1. The molecule has 3 heterocycles. The lowest BCUT2D eigenvalue weighted by atomic mass is 10.1. The quantitative estimate of drug-likeness (QED) is 0.413. The summed E-state index contributed by atoms with van der Waals surface area (Å²) in [6.07, 6.45) is -3.81. The van der Waals surface area contributed by atoms with Gasteiger partial charge in [-0.2, -0.15) is 26.3 Å². The topological polar surface area (TPSA) is 83.5 Å². The number of aromatic nitrogens is 3. The number of ether oxygens (including phenoxy) is 1. The van der Waals surface area contributed by atoms with E-state index in [0.29, 0.717) is 18.0 Å². The van der Waals surface area contributed by atoms with E-state index in [1.807, 2.05) is 4.90 Å². The maximum atomic E-state index is 13.2. The Morgan fingerprint density at radius 2 is 1.54 bits per heavy atom. The molecule has 14 heteroatoms. The highest BCUT2D eigenvalue weighted by Crippen LogP contribution is 2.38. The summed E-state index contributed by atoms with van der Waals surface area (Å²) >= 11 is 0. The van der Waals surface area contributed by atoms with Gasteiger partial charge in [-0.1, -0.05) is 0 Å². The number of benzene rings is 1. The Morgan fingerprint density at radius 3 is 2.15 bits per heavy atom. The van der Waals surface area contributed by atoms with Gasteiger partial charge in [0.15, 0.2) is 5.82 Å². The van der Waals surface area contributed by atoms with E-state index >= 15 is 0 Å². The third-order valence-corrected chi connectivity index (χ3v) is 6.13. The van der Waals surface area contributed by atoms with Gasteiger partial charge >= 0.3 is 18.4 Å². The molecule has 2 atom stereocenters. The van der Waals surface area contributed by atoms with Gasteiger partial charge in [-0.05, 0) is 49.7 Å². The number of nitrogens with one attached hydrogen (secondary N) is 1. The Balaban J connectivity index is 1.49. The molecule has 2 amide bonds. The van der Waals surface area contributed by atoms with Gasteiger partial charge in [0.2, 0.25) is 0 Å². The summed E-state index contributed by atoms with van der Waals surface area (Å²) < 4.78 is 85.1. The van der Waals surface area contributed by atoms with Gasteiger partial charge in [0, 0.05) is 55.6 Å². The van der Waals surface area contributed by atoms with Crippen molar-refractivity contribution >= 4 is 17.5 Å². The molecule has 0 aliphatic carbocycles. The van der Waals surface area contributed by atoms with Crippen molar-refractivity contribution in [3.05, 3.63) is 71.8 Å². The first kappa shape index (κ1) is 27.9. The van der Waals surface area contributed by atoms with E-state index in [0.717, 1.165) is 5.56 Å². The largest absolute Gasteiger partial charge is 0.470 e. The molecule has 0 radical (unpaired) electrons. The third kappa shape index (κ3) is 6.67. The van der Waals surface area contributed by atoms with Crippen molar-refractivity contribution in [1.82, 2.24) is 19.9 Å². The van der Waals surface area contributed by atoms with Crippen LogP contribution >= 0.6 is 0 Å². The standard InChI is InChI=1S/C25H24F6N6O2/c1-15-13-37(23(38)35-20-10-18(24(26,27)28)9-19(11-20)25(29,30)31)16(2)12-36(15)21-22(34-8-7-33-21)39-14-17-3-5-32-6-4-17/h3-11,15-16H,12-14H2,1-2H3,(H,35,38). The van der Waals surface area contributed by atoms with E-state index in [-0.39, 0.29) is 37.7 Å². The first-order chi connectivity index (χ1) is 18.3. The molecule has 4 rings (SSSR count). The summed E-state index contributed by atoms with van der Waals surface area (Å²) in [6.45, 7) is 4.10. The molecule has 1 N–H and O–H groups in total. The number of hydrogen-bond donors (Lipinski definition) is 1. The Hall–Kier alpha value is -4.10. The van der Waals surface area contributed by atoms with Crippen LogP contribution in [0.15, 0.2) is 55.1 Å². The minimum Gasteiger partial charge on any atom is -0.470 e. The van der Waals surface area contributed by atoms with E-state index < -0.39 is 41.2 Å². The van der Waals surface area contributed by atoms with Crippen molar-refractivity contribution in [3.8, 4) is 5.88 Å². The Labute approximate surface area is 219 Å². The summed E-state index contributed by atoms with van der Waals surface area (Å²) in [7, 11) is 0. The van der Waals surface area contributed by atoms with Gasteiger partial charge in [-0.3, -0.25) is 4.98 Å². The second-order valence-corrected chi connectivity index (χ2v) is 9.06. The first-order valence-corrected chi connectivity index (χ1v) is 11.8. The molecule has 0 saturated carbocycles. The fourth-order valence-electron chi connectivity index (χ4n) is 4.17. The molecule has 39 heavy (non-hydrogen) atoms. The summed E-state index contributed by atoms with van der Waals surface area (Å²) in [5, 5.41) is 2.20. The number of amides is 2. The highest BCUT2D eigenvalue weighted by molar-refractivity contribution is 5.90. The minimum atomic E-state index is -5.03. The van der Waals surface area contributed by atoms with Crippen molar-refractivity contribution in [1.29, 1.82) is 0 Å². The predicted molar refractivity (Wildman–Crippen MR) is 129 cm³/mol. The van der Waals surface area contributed by atoms with E-state index in [4.69, 9.17) is 4.74 Å². The van der Waals surface area contributed by atoms with E-state index in [1.54, 1.807) is 38.4 Å². The van der Waals surface area contributed by atoms with E-state index in [9.17, 15) is 31.1 Å². The first-order valence-electron chi connectivity index (χ1n) is 11.8. The number of nitrogens with zero attached hydrogens (tertiary/aromatic N) is 5. The highest BCUT2D eigenvalue weighted by Gasteiger charge is 2.38. The fraction of sp³-hybridized carbons (Fsp3) is 0.360. The molecule has 1 aliphatic heterocycles. The van der Waals surface area contributed by atoms with Crippen LogP contribution in [-0.2, 0) is 19.0 Å². The Kier molecular flexibility index (Phi) is 7.84. The molecule has 1 fully saturated rings. The summed E-state index contributed by atoms with van der Waals surface area (Å²) in [5.41, 5.74) is -2.76. The summed E-state index contributed by atoms with van der Waals surface area (Å²) in [5.74, 6) is 0.716. The van der Waals surface area contributed by atoms with Crippen LogP contribution in [0.5, 0.6) is 5.88 Å². The predicted octanol–water partition coefficient (Wildman–Crippen LogP) is 5.62. The number of halogens is 6. The van der Waals surface area contributed by atoms with Crippen molar-refractivity contribution in [2.45, 2.75) is 44.9 Å². The molecule has 1 saturated heterocycles. The second-order valence-electron chi connectivity index (χ2n) is 9.06. The van der Waals surface area contributed by atoms with Crippen molar-refractivity contribution in [2.75, 3.05) is 23.3 Å². The molecule has 1 aromatic carbocycles. The number of anilines is 2. The van der Waals surface area contributed by atoms with Gasteiger partial charge in [0.1, 0.15) is 6.61 Å². The highest BCUT2D eigenvalue weighted by atomic mass is 19.4. The van der Waals surface area contributed by atoms with Crippen molar-refractivity contribution < 1.29 is 35.9 Å². The van der Waals surface area contributed by atoms with Crippen molar-refractivity contribution in [2.24, 2.45) is 0 Å². The minimum absolute atomic E-state index is 0.00830. The maximum absolute atomic E-state index is 13.2. The number of alkyl halides is 6. The molecular weight excluding hydrogens is 530 g/mol.